The topological polar surface area (TPSA) is 95.9 Å². The minimum absolute atomic E-state index is 0.0120. The van der Waals surface area contributed by atoms with E-state index < -0.39 is 12.1 Å². The Morgan fingerprint density at radius 1 is 0.341 bits per heavy atom. The van der Waals surface area contributed by atoms with Gasteiger partial charge in [-0.25, -0.2) is 0 Å². The molecule has 0 aromatic heterocycles. The third-order valence-corrected chi connectivity index (χ3v) is 17.4. The van der Waals surface area contributed by atoms with Gasteiger partial charge in [-0.1, -0.05) is 352 Å². The molecule has 1 amide bonds. The molecular formula is C76H145NO5. The smallest absolute Gasteiger partial charge is 0.305 e. The molecule has 0 fully saturated rings. The molecule has 0 aromatic carbocycles. The number of rotatable bonds is 70. The fraction of sp³-hybridized carbons (Fsp3) is 0.895. The molecule has 0 aliphatic rings. The zero-order chi connectivity index (χ0) is 59.2. The molecule has 82 heavy (non-hydrogen) atoms. The summed E-state index contributed by atoms with van der Waals surface area (Å²) in [5.74, 6) is -0.0198. The van der Waals surface area contributed by atoms with Crippen LogP contribution < -0.4 is 5.32 Å². The zero-order valence-electron chi connectivity index (χ0n) is 55.5. The summed E-state index contributed by atoms with van der Waals surface area (Å²) < 4.78 is 5.51. The average Bonchev–Trinajstić information content (AvgIpc) is 3.48. The van der Waals surface area contributed by atoms with Crippen LogP contribution in [0.25, 0.3) is 0 Å². The highest BCUT2D eigenvalue weighted by Gasteiger charge is 2.20. The Balaban J connectivity index is 3.37. The average molecular weight is 1150 g/mol. The number of hydrogen-bond acceptors (Lipinski definition) is 5. The van der Waals surface area contributed by atoms with E-state index in [0.29, 0.717) is 25.9 Å². The minimum atomic E-state index is -0.666. The summed E-state index contributed by atoms with van der Waals surface area (Å²) in [4.78, 5) is 24.7. The number of aliphatic hydroxyl groups excluding tert-OH is 2. The summed E-state index contributed by atoms with van der Waals surface area (Å²) in [5.41, 5.74) is 0. The van der Waals surface area contributed by atoms with E-state index in [9.17, 15) is 19.8 Å². The Kier molecular flexibility index (Phi) is 69.9. The molecule has 0 aliphatic carbocycles. The quantitative estimate of drug-likeness (QED) is 0.0320. The minimum Gasteiger partial charge on any atom is -0.466 e. The maximum absolute atomic E-state index is 12.5. The van der Waals surface area contributed by atoms with Gasteiger partial charge in [0.25, 0.3) is 0 Å². The second-order valence-corrected chi connectivity index (χ2v) is 25.6. The molecule has 6 heteroatoms. The van der Waals surface area contributed by atoms with Gasteiger partial charge in [0, 0.05) is 12.8 Å². The van der Waals surface area contributed by atoms with Crippen molar-refractivity contribution in [1.29, 1.82) is 0 Å². The van der Waals surface area contributed by atoms with Crippen LogP contribution in [-0.2, 0) is 14.3 Å². The zero-order valence-corrected chi connectivity index (χ0v) is 55.5. The van der Waals surface area contributed by atoms with Gasteiger partial charge in [-0.05, 0) is 83.5 Å². The van der Waals surface area contributed by atoms with E-state index in [1.165, 1.54) is 327 Å². The Hall–Kier alpha value is -1.92. The van der Waals surface area contributed by atoms with Crippen LogP contribution in [0.4, 0.5) is 0 Å². The highest BCUT2D eigenvalue weighted by molar-refractivity contribution is 5.76. The molecule has 2 atom stereocenters. The number of allylic oxidation sites excluding steroid dienone is 6. The summed E-state index contributed by atoms with van der Waals surface area (Å²) >= 11 is 0. The number of carbonyl (C=O) groups is 2. The molecule has 0 heterocycles. The van der Waals surface area contributed by atoms with Crippen LogP contribution in [0, 0.1) is 0 Å². The van der Waals surface area contributed by atoms with Crippen LogP contribution in [0.2, 0.25) is 0 Å². The predicted molar refractivity (Wildman–Crippen MR) is 361 cm³/mol. The van der Waals surface area contributed by atoms with Gasteiger partial charge in [-0.3, -0.25) is 9.59 Å². The van der Waals surface area contributed by atoms with Crippen LogP contribution >= 0.6 is 0 Å². The fourth-order valence-electron chi connectivity index (χ4n) is 11.7. The Morgan fingerprint density at radius 2 is 0.610 bits per heavy atom. The highest BCUT2D eigenvalue weighted by atomic mass is 16.5. The number of nitrogens with one attached hydrogen (secondary N) is 1. The molecule has 0 rings (SSSR count). The third-order valence-electron chi connectivity index (χ3n) is 17.4. The van der Waals surface area contributed by atoms with Crippen LogP contribution in [-0.4, -0.2) is 47.4 Å². The van der Waals surface area contributed by atoms with Crippen LogP contribution in [0.5, 0.6) is 0 Å². The standard InChI is InChI=1S/C76H145NO5/c1-3-5-7-9-11-13-15-17-19-21-32-36-40-44-48-52-56-60-64-68-74(79)73(72-78)77-75(80)69-65-61-57-53-49-45-41-37-34-30-28-26-24-23-25-27-29-31-35-39-43-47-51-55-59-63-67-71-82-76(81)70-66-62-58-54-50-46-42-38-33-22-20-18-16-14-12-10-8-6-4-2/h12,14,18,20,23-24,73-74,78-79H,3-11,13,15-17,19,21-22,25-72H2,1-2H3,(H,77,80)/b14-12-,20-18-,24-23-. The predicted octanol–water partition coefficient (Wildman–Crippen LogP) is 24.3. The van der Waals surface area contributed by atoms with Gasteiger partial charge in [0.1, 0.15) is 0 Å². The van der Waals surface area contributed by atoms with Gasteiger partial charge in [0.15, 0.2) is 0 Å². The van der Waals surface area contributed by atoms with Gasteiger partial charge in [-0.2, -0.15) is 0 Å². The Morgan fingerprint density at radius 3 is 0.963 bits per heavy atom. The first-order chi connectivity index (χ1) is 40.5. The molecule has 3 N–H and O–H groups in total. The second-order valence-electron chi connectivity index (χ2n) is 25.6. The highest BCUT2D eigenvalue weighted by Crippen LogP contribution is 2.19. The number of hydrogen-bond donors (Lipinski definition) is 3. The lowest BCUT2D eigenvalue weighted by Gasteiger charge is -2.22. The molecule has 2 unspecified atom stereocenters. The van der Waals surface area contributed by atoms with E-state index in [0.717, 1.165) is 51.4 Å². The van der Waals surface area contributed by atoms with Gasteiger partial charge in [0.05, 0.1) is 25.4 Å². The number of ether oxygens (including phenoxy) is 1. The molecule has 0 aromatic rings. The van der Waals surface area contributed by atoms with Crippen molar-refractivity contribution in [2.24, 2.45) is 0 Å². The molecule has 6 nitrogen and oxygen atoms in total. The van der Waals surface area contributed by atoms with Crippen molar-refractivity contribution in [2.45, 2.75) is 424 Å². The molecule has 0 saturated carbocycles. The summed E-state index contributed by atoms with van der Waals surface area (Å²) in [6.45, 7) is 4.97. The molecule has 484 valence electrons. The number of carbonyl (C=O) groups excluding carboxylic acids is 2. The monoisotopic (exact) mass is 1150 g/mol. The van der Waals surface area contributed by atoms with Gasteiger partial charge < -0.3 is 20.3 Å². The van der Waals surface area contributed by atoms with E-state index in [1.54, 1.807) is 0 Å². The van der Waals surface area contributed by atoms with E-state index in [1.807, 2.05) is 0 Å². The molecular weight excluding hydrogens is 1010 g/mol. The van der Waals surface area contributed by atoms with Crippen LogP contribution in [0.3, 0.4) is 0 Å². The molecule has 0 saturated heterocycles. The summed E-state index contributed by atoms with van der Waals surface area (Å²) in [5, 5.41) is 23.4. The maximum atomic E-state index is 12.5. The number of esters is 1. The van der Waals surface area contributed by atoms with Crippen LogP contribution in [0.1, 0.15) is 412 Å². The number of amides is 1. The number of unbranched alkanes of at least 4 members (excludes halogenated alkanes) is 53. The van der Waals surface area contributed by atoms with E-state index >= 15 is 0 Å². The van der Waals surface area contributed by atoms with Crippen molar-refractivity contribution < 1.29 is 24.5 Å². The first-order valence-electron chi connectivity index (χ1n) is 37.2. The lowest BCUT2D eigenvalue weighted by molar-refractivity contribution is -0.143. The first-order valence-corrected chi connectivity index (χ1v) is 37.2. The lowest BCUT2D eigenvalue weighted by atomic mass is 10.0. The first kappa shape index (κ1) is 80.1. The summed E-state index contributed by atoms with van der Waals surface area (Å²) in [6.07, 6.45) is 92.0. The lowest BCUT2D eigenvalue weighted by Crippen LogP contribution is -2.45. The summed E-state index contributed by atoms with van der Waals surface area (Å²) in [7, 11) is 0. The van der Waals surface area contributed by atoms with Crippen molar-refractivity contribution in [3.63, 3.8) is 0 Å². The maximum Gasteiger partial charge on any atom is 0.305 e. The van der Waals surface area contributed by atoms with Gasteiger partial charge in [0.2, 0.25) is 5.91 Å². The van der Waals surface area contributed by atoms with Crippen molar-refractivity contribution >= 4 is 11.9 Å². The third kappa shape index (κ3) is 67.2. The van der Waals surface area contributed by atoms with Crippen molar-refractivity contribution in [2.75, 3.05) is 13.2 Å². The van der Waals surface area contributed by atoms with Gasteiger partial charge in [-0.15, -0.1) is 0 Å². The SMILES string of the molecule is CCCCC/C=C\C/C=C\CCCCCCCCCCCC(=O)OCCCCCCCCCCCCCC/C=C\CCCCCCCCCCCCCC(=O)NC(CO)C(O)CCCCCCCCCCCCCCCCCCCCC. The van der Waals surface area contributed by atoms with Gasteiger partial charge >= 0.3 is 5.97 Å². The van der Waals surface area contributed by atoms with Crippen LogP contribution in [0.15, 0.2) is 36.5 Å². The molecule has 0 bridgehead atoms. The fourth-order valence-corrected chi connectivity index (χ4v) is 11.7. The van der Waals surface area contributed by atoms with E-state index in [2.05, 4.69) is 55.6 Å². The number of aliphatic hydroxyl groups is 2. The van der Waals surface area contributed by atoms with E-state index in [-0.39, 0.29) is 18.5 Å². The van der Waals surface area contributed by atoms with E-state index in [4.69, 9.17) is 4.74 Å². The second kappa shape index (κ2) is 71.6. The van der Waals surface area contributed by atoms with Crippen molar-refractivity contribution in [1.82, 2.24) is 5.32 Å². The largest absolute Gasteiger partial charge is 0.466 e. The Bertz CT molecular complexity index is 1330. The Labute approximate surface area is 513 Å². The molecule has 0 spiro atoms. The van der Waals surface area contributed by atoms with Crippen molar-refractivity contribution in [3.8, 4) is 0 Å². The molecule has 0 radical (unpaired) electrons. The normalized spacial score (nSPS) is 12.7. The molecule has 0 aliphatic heterocycles. The van der Waals surface area contributed by atoms with Crippen molar-refractivity contribution in [3.05, 3.63) is 36.5 Å². The summed E-state index contributed by atoms with van der Waals surface area (Å²) in [6, 6.07) is -0.543.